The van der Waals surface area contributed by atoms with Crippen molar-refractivity contribution in [1.82, 2.24) is 0 Å². The predicted octanol–water partition coefficient (Wildman–Crippen LogP) is 5.36. The minimum Gasteiger partial charge on any atom is -0.299 e. The molecule has 0 saturated heterocycles. The maximum absolute atomic E-state index is 12.4. The molecule has 0 bridgehead atoms. The first kappa shape index (κ1) is 16.3. The van der Waals surface area contributed by atoms with Crippen LogP contribution in [0.3, 0.4) is 0 Å². The second kappa shape index (κ2) is 8.36. The van der Waals surface area contributed by atoms with Gasteiger partial charge < -0.3 is 0 Å². The van der Waals surface area contributed by atoms with Crippen LogP contribution in [0, 0.1) is 11.8 Å². The van der Waals surface area contributed by atoms with E-state index in [1.54, 1.807) is 0 Å². The van der Waals surface area contributed by atoms with E-state index in [9.17, 15) is 4.79 Å². The van der Waals surface area contributed by atoms with Crippen molar-refractivity contribution in [3.63, 3.8) is 0 Å². The molecule has 1 saturated carbocycles. The lowest BCUT2D eigenvalue weighted by Crippen LogP contribution is -2.23. The first-order valence-corrected chi connectivity index (χ1v) is 8.83. The Kier molecular flexibility index (Phi) is 6.48. The van der Waals surface area contributed by atoms with Gasteiger partial charge in [0.25, 0.3) is 0 Å². The molecule has 2 rings (SSSR count). The number of hydrogen-bond donors (Lipinski definition) is 0. The summed E-state index contributed by atoms with van der Waals surface area (Å²) in [5.41, 5.74) is 2.54. The Labute approximate surface area is 130 Å². The van der Waals surface area contributed by atoms with Crippen LogP contribution in [0.2, 0.25) is 0 Å². The standard InChI is InChI=1S/C20H30O/c1-3-5-6-17-11-13-19(14-12-17)20(21)15-18-9-7-16(4-2)8-10-18/h7-10,17,19H,3-6,11-15H2,1-2H3. The fourth-order valence-corrected chi connectivity index (χ4v) is 3.50. The van der Waals surface area contributed by atoms with E-state index in [4.69, 9.17) is 0 Å². The predicted molar refractivity (Wildman–Crippen MR) is 89.5 cm³/mol. The molecule has 0 spiro atoms. The van der Waals surface area contributed by atoms with Crippen molar-refractivity contribution in [2.45, 2.75) is 71.6 Å². The number of rotatable bonds is 7. The number of unbranched alkanes of at least 4 members (excludes halogenated alkanes) is 1. The Morgan fingerprint density at radius 2 is 1.62 bits per heavy atom. The summed E-state index contributed by atoms with van der Waals surface area (Å²) >= 11 is 0. The van der Waals surface area contributed by atoms with E-state index in [1.807, 2.05) is 0 Å². The summed E-state index contributed by atoms with van der Waals surface area (Å²) in [6.45, 7) is 4.43. The fourth-order valence-electron chi connectivity index (χ4n) is 3.50. The summed E-state index contributed by atoms with van der Waals surface area (Å²) in [5, 5.41) is 0. The fraction of sp³-hybridized carbons (Fsp3) is 0.650. The molecule has 0 unspecified atom stereocenters. The smallest absolute Gasteiger partial charge is 0.140 e. The van der Waals surface area contributed by atoms with Crippen LogP contribution in [0.25, 0.3) is 0 Å². The number of hydrogen-bond acceptors (Lipinski definition) is 1. The normalized spacial score (nSPS) is 22.2. The number of aryl methyl sites for hydroxylation is 1. The molecule has 1 aliphatic carbocycles. The van der Waals surface area contributed by atoms with Gasteiger partial charge in [-0.1, -0.05) is 57.4 Å². The molecule has 1 heteroatoms. The van der Waals surface area contributed by atoms with Gasteiger partial charge in [0, 0.05) is 12.3 Å². The Morgan fingerprint density at radius 3 is 2.19 bits per heavy atom. The van der Waals surface area contributed by atoms with Gasteiger partial charge in [-0.3, -0.25) is 4.79 Å². The highest BCUT2D eigenvalue weighted by molar-refractivity contribution is 5.83. The van der Waals surface area contributed by atoms with E-state index >= 15 is 0 Å². The van der Waals surface area contributed by atoms with Crippen molar-refractivity contribution in [3.05, 3.63) is 35.4 Å². The summed E-state index contributed by atoms with van der Waals surface area (Å²) < 4.78 is 0. The van der Waals surface area contributed by atoms with E-state index in [2.05, 4.69) is 38.1 Å². The van der Waals surface area contributed by atoms with Crippen LogP contribution in [0.4, 0.5) is 0 Å². The lowest BCUT2D eigenvalue weighted by Gasteiger charge is -2.27. The Hall–Kier alpha value is -1.11. The summed E-state index contributed by atoms with van der Waals surface area (Å²) in [7, 11) is 0. The van der Waals surface area contributed by atoms with Crippen molar-refractivity contribution in [3.8, 4) is 0 Å². The monoisotopic (exact) mass is 286 g/mol. The summed E-state index contributed by atoms with van der Waals surface area (Å²) in [6.07, 6.45) is 10.5. The van der Waals surface area contributed by atoms with Crippen LogP contribution in [0.1, 0.15) is 69.9 Å². The second-order valence-corrected chi connectivity index (χ2v) is 6.67. The van der Waals surface area contributed by atoms with E-state index in [0.717, 1.165) is 25.2 Å². The van der Waals surface area contributed by atoms with Crippen molar-refractivity contribution in [1.29, 1.82) is 0 Å². The average molecular weight is 286 g/mol. The molecule has 0 radical (unpaired) electrons. The van der Waals surface area contributed by atoms with Crippen LogP contribution in [0.15, 0.2) is 24.3 Å². The largest absolute Gasteiger partial charge is 0.299 e. The molecule has 0 aromatic heterocycles. The van der Waals surface area contributed by atoms with Crippen molar-refractivity contribution in [2.24, 2.45) is 11.8 Å². The van der Waals surface area contributed by atoms with Crippen LogP contribution in [0.5, 0.6) is 0 Å². The minimum atomic E-state index is 0.328. The molecule has 1 nitrogen and oxygen atoms in total. The van der Waals surface area contributed by atoms with Crippen molar-refractivity contribution >= 4 is 5.78 Å². The molecule has 0 amide bonds. The van der Waals surface area contributed by atoms with Gasteiger partial charge in [-0.05, 0) is 49.1 Å². The summed E-state index contributed by atoms with van der Waals surface area (Å²) in [5.74, 6) is 1.68. The zero-order valence-corrected chi connectivity index (χ0v) is 13.7. The molecule has 0 aliphatic heterocycles. The molecule has 116 valence electrons. The zero-order chi connectivity index (χ0) is 15.1. The van der Waals surface area contributed by atoms with Gasteiger partial charge in [-0.2, -0.15) is 0 Å². The van der Waals surface area contributed by atoms with Gasteiger partial charge in [0.2, 0.25) is 0 Å². The van der Waals surface area contributed by atoms with E-state index in [1.165, 1.54) is 43.2 Å². The van der Waals surface area contributed by atoms with Crippen LogP contribution in [-0.2, 0) is 17.6 Å². The molecule has 1 aromatic carbocycles. The zero-order valence-electron chi connectivity index (χ0n) is 13.7. The van der Waals surface area contributed by atoms with Crippen LogP contribution < -0.4 is 0 Å². The molecule has 1 aromatic rings. The van der Waals surface area contributed by atoms with E-state index in [0.29, 0.717) is 18.1 Å². The van der Waals surface area contributed by atoms with Gasteiger partial charge >= 0.3 is 0 Å². The van der Waals surface area contributed by atoms with Gasteiger partial charge in [-0.15, -0.1) is 0 Å². The lowest BCUT2D eigenvalue weighted by molar-refractivity contribution is -0.123. The summed E-state index contributed by atoms with van der Waals surface area (Å²) in [6, 6.07) is 8.57. The molecule has 1 aliphatic rings. The van der Waals surface area contributed by atoms with Crippen molar-refractivity contribution < 1.29 is 4.79 Å². The third-order valence-electron chi connectivity index (χ3n) is 5.08. The second-order valence-electron chi connectivity index (χ2n) is 6.67. The number of ketones is 1. The highest BCUT2D eigenvalue weighted by Crippen LogP contribution is 2.32. The summed E-state index contributed by atoms with van der Waals surface area (Å²) in [4.78, 5) is 12.4. The maximum atomic E-state index is 12.4. The SMILES string of the molecule is CCCCC1CCC(C(=O)Cc2ccc(CC)cc2)CC1. The molecule has 0 N–H and O–H groups in total. The third kappa shape index (κ3) is 4.98. The molecule has 0 atom stereocenters. The molecule has 21 heavy (non-hydrogen) atoms. The first-order valence-electron chi connectivity index (χ1n) is 8.83. The lowest BCUT2D eigenvalue weighted by atomic mass is 9.77. The minimum absolute atomic E-state index is 0.328. The number of carbonyl (C=O) groups excluding carboxylic acids is 1. The number of carbonyl (C=O) groups is 1. The quantitative estimate of drug-likeness (QED) is 0.659. The highest BCUT2D eigenvalue weighted by atomic mass is 16.1. The van der Waals surface area contributed by atoms with Gasteiger partial charge in [0.05, 0.1) is 0 Å². The van der Waals surface area contributed by atoms with Gasteiger partial charge in [0.15, 0.2) is 0 Å². The Bertz CT molecular complexity index is 424. The Balaban J connectivity index is 1.78. The average Bonchev–Trinajstić information content (AvgIpc) is 2.54. The first-order chi connectivity index (χ1) is 10.2. The van der Waals surface area contributed by atoms with Crippen LogP contribution >= 0.6 is 0 Å². The third-order valence-corrected chi connectivity index (χ3v) is 5.08. The van der Waals surface area contributed by atoms with E-state index < -0.39 is 0 Å². The van der Waals surface area contributed by atoms with E-state index in [-0.39, 0.29) is 0 Å². The van der Waals surface area contributed by atoms with Crippen LogP contribution in [-0.4, -0.2) is 5.78 Å². The molecular weight excluding hydrogens is 256 g/mol. The van der Waals surface area contributed by atoms with Crippen molar-refractivity contribution in [2.75, 3.05) is 0 Å². The highest BCUT2D eigenvalue weighted by Gasteiger charge is 2.25. The number of Topliss-reactive ketones (excluding diaryl/α,β-unsaturated/α-hetero) is 1. The van der Waals surface area contributed by atoms with Gasteiger partial charge in [-0.25, -0.2) is 0 Å². The molecule has 1 fully saturated rings. The Morgan fingerprint density at radius 1 is 1.00 bits per heavy atom. The topological polar surface area (TPSA) is 17.1 Å². The molecule has 0 heterocycles. The maximum Gasteiger partial charge on any atom is 0.140 e. The van der Waals surface area contributed by atoms with Gasteiger partial charge in [0.1, 0.15) is 5.78 Å². The number of benzene rings is 1. The molecular formula is C20H30O.